The van der Waals surface area contributed by atoms with E-state index < -0.39 is 0 Å². The fourth-order valence-electron chi connectivity index (χ4n) is 1.71. The van der Waals surface area contributed by atoms with Gasteiger partial charge in [-0.3, -0.25) is 0 Å². The smallest absolute Gasteiger partial charge is 0.142 e. The molecule has 96 valence electrons. The molecule has 4 heteroatoms. The Hall–Kier alpha value is -1.19. The highest BCUT2D eigenvalue weighted by molar-refractivity contribution is 7.12. The average molecular weight is 282 g/mol. The number of nitrogens with one attached hydrogen (secondary N) is 1. The van der Waals surface area contributed by atoms with Crippen LogP contribution in [0.2, 0.25) is 5.02 Å². The van der Waals surface area contributed by atoms with Gasteiger partial charge in [0.15, 0.2) is 0 Å². The molecule has 18 heavy (non-hydrogen) atoms. The summed E-state index contributed by atoms with van der Waals surface area (Å²) in [5.41, 5.74) is 0.927. The van der Waals surface area contributed by atoms with Crippen molar-refractivity contribution in [3.8, 4) is 5.75 Å². The van der Waals surface area contributed by atoms with Crippen molar-refractivity contribution in [3.63, 3.8) is 0 Å². The molecule has 1 aromatic carbocycles. The SMILES string of the molecule is CCc1ccc(CNc2cc(Cl)ccc2OC)s1. The van der Waals surface area contributed by atoms with Crippen molar-refractivity contribution in [1.29, 1.82) is 0 Å². The lowest BCUT2D eigenvalue weighted by molar-refractivity contribution is 0.416. The topological polar surface area (TPSA) is 21.3 Å². The predicted octanol–water partition coefficient (Wildman–Crippen LogP) is 4.58. The number of rotatable bonds is 5. The Morgan fingerprint density at radius 1 is 1.22 bits per heavy atom. The molecule has 0 saturated carbocycles. The van der Waals surface area contributed by atoms with E-state index in [9.17, 15) is 0 Å². The molecule has 0 aliphatic carbocycles. The van der Waals surface area contributed by atoms with E-state index >= 15 is 0 Å². The van der Waals surface area contributed by atoms with E-state index in [1.165, 1.54) is 9.75 Å². The van der Waals surface area contributed by atoms with E-state index in [1.54, 1.807) is 7.11 Å². The zero-order valence-corrected chi connectivity index (χ0v) is 12.1. The Balaban J connectivity index is 2.07. The van der Waals surface area contributed by atoms with Gasteiger partial charge < -0.3 is 10.1 Å². The van der Waals surface area contributed by atoms with Gasteiger partial charge >= 0.3 is 0 Å². The summed E-state index contributed by atoms with van der Waals surface area (Å²) in [7, 11) is 1.66. The van der Waals surface area contributed by atoms with Crippen LogP contribution in [-0.2, 0) is 13.0 Å². The first-order valence-electron chi connectivity index (χ1n) is 5.88. The first-order valence-corrected chi connectivity index (χ1v) is 7.07. The molecule has 2 nitrogen and oxygen atoms in total. The van der Waals surface area contributed by atoms with Gasteiger partial charge in [-0.2, -0.15) is 0 Å². The molecule has 1 aromatic heterocycles. The molecule has 2 rings (SSSR count). The molecule has 0 fully saturated rings. The van der Waals surface area contributed by atoms with Crippen LogP contribution in [0.5, 0.6) is 5.75 Å². The van der Waals surface area contributed by atoms with E-state index in [0.717, 1.165) is 24.4 Å². The Labute approximate surface area is 117 Å². The lowest BCUT2D eigenvalue weighted by Crippen LogP contribution is -1.99. The fourth-order valence-corrected chi connectivity index (χ4v) is 2.78. The van der Waals surface area contributed by atoms with E-state index in [4.69, 9.17) is 16.3 Å². The molecule has 0 amide bonds. The standard InChI is InChI=1S/C14H16ClNOS/c1-3-11-5-6-12(18-11)9-16-13-8-10(15)4-7-14(13)17-2/h4-8,16H,3,9H2,1-2H3. The van der Waals surface area contributed by atoms with Crippen molar-refractivity contribution >= 4 is 28.6 Å². The summed E-state index contributed by atoms with van der Waals surface area (Å²) < 4.78 is 5.30. The van der Waals surface area contributed by atoms with Crippen molar-refractivity contribution in [2.75, 3.05) is 12.4 Å². The molecule has 1 heterocycles. The Morgan fingerprint density at radius 3 is 2.67 bits per heavy atom. The number of halogens is 1. The van der Waals surface area contributed by atoms with Crippen LogP contribution in [0.3, 0.4) is 0 Å². The Bertz CT molecular complexity index is 524. The molecule has 2 aromatic rings. The van der Waals surface area contributed by atoms with E-state index in [1.807, 2.05) is 29.5 Å². The maximum Gasteiger partial charge on any atom is 0.142 e. The van der Waals surface area contributed by atoms with Crippen molar-refractivity contribution < 1.29 is 4.74 Å². The van der Waals surface area contributed by atoms with E-state index in [2.05, 4.69) is 24.4 Å². The summed E-state index contributed by atoms with van der Waals surface area (Å²) in [6.07, 6.45) is 1.09. The highest BCUT2D eigenvalue weighted by Crippen LogP contribution is 2.28. The first-order chi connectivity index (χ1) is 8.72. The molecule has 0 aliphatic heterocycles. The lowest BCUT2D eigenvalue weighted by atomic mass is 10.3. The Kier molecular flexibility index (Phi) is 4.50. The van der Waals surface area contributed by atoms with E-state index in [0.29, 0.717) is 5.02 Å². The molecule has 0 radical (unpaired) electrons. The molecule has 0 spiro atoms. The number of ether oxygens (including phenoxy) is 1. The van der Waals surface area contributed by atoms with Gasteiger partial charge in [-0.1, -0.05) is 18.5 Å². The number of anilines is 1. The van der Waals surface area contributed by atoms with Gasteiger partial charge in [0.25, 0.3) is 0 Å². The number of hydrogen-bond acceptors (Lipinski definition) is 3. The van der Waals surface area contributed by atoms with Gasteiger partial charge in [-0.05, 0) is 36.8 Å². The van der Waals surface area contributed by atoms with Gasteiger partial charge in [0.1, 0.15) is 5.75 Å². The third-order valence-corrected chi connectivity index (χ3v) is 4.15. The maximum absolute atomic E-state index is 5.99. The monoisotopic (exact) mass is 281 g/mol. The van der Waals surface area contributed by atoms with Crippen LogP contribution in [0.25, 0.3) is 0 Å². The summed E-state index contributed by atoms with van der Waals surface area (Å²) >= 11 is 7.82. The van der Waals surface area contributed by atoms with Crippen LogP contribution in [0, 0.1) is 0 Å². The quantitative estimate of drug-likeness (QED) is 0.866. The summed E-state index contributed by atoms with van der Waals surface area (Å²) in [5, 5.41) is 4.07. The third-order valence-electron chi connectivity index (χ3n) is 2.68. The first kappa shape index (κ1) is 13.2. The van der Waals surface area contributed by atoms with Crippen LogP contribution in [-0.4, -0.2) is 7.11 Å². The zero-order valence-electron chi connectivity index (χ0n) is 10.5. The summed E-state index contributed by atoms with van der Waals surface area (Å²) in [6.45, 7) is 2.96. The van der Waals surface area contributed by atoms with Gasteiger partial charge in [0.2, 0.25) is 0 Å². The number of thiophene rings is 1. The van der Waals surface area contributed by atoms with Crippen LogP contribution in [0.15, 0.2) is 30.3 Å². The van der Waals surface area contributed by atoms with Crippen LogP contribution in [0.4, 0.5) is 5.69 Å². The minimum atomic E-state index is 0.707. The summed E-state index contributed by atoms with van der Waals surface area (Å²) in [5.74, 6) is 0.812. The number of aryl methyl sites for hydroxylation is 1. The molecule has 0 bridgehead atoms. The number of benzene rings is 1. The summed E-state index contributed by atoms with van der Waals surface area (Å²) in [4.78, 5) is 2.72. The van der Waals surface area contributed by atoms with Gasteiger partial charge in [-0.15, -0.1) is 11.3 Å². The number of hydrogen-bond donors (Lipinski definition) is 1. The predicted molar refractivity (Wildman–Crippen MR) is 79.0 cm³/mol. The molecule has 1 N–H and O–H groups in total. The minimum absolute atomic E-state index is 0.707. The van der Waals surface area contributed by atoms with Crippen molar-refractivity contribution in [3.05, 3.63) is 45.1 Å². The molecular formula is C14H16ClNOS. The van der Waals surface area contributed by atoms with Crippen molar-refractivity contribution in [2.45, 2.75) is 19.9 Å². The fraction of sp³-hybridized carbons (Fsp3) is 0.286. The maximum atomic E-state index is 5.99. The van der Waals surface area contributed by atoms with Crippen LogP contribution in [0.1, 0.15) is 16.7 Å². The Morgan fingerprint density at radius 2 is 2.00 bits per heavy atom. The average Bonchev–Trinajstić information content (AvgIpc) is 2.84. The minimum Gasteiger partial charge on any atom is -0.495 e. The normalized spacial score (nSPS) is 10.4. The largest absolute Gasteiger partial charge is 0.495 e. The van der Waals surface area contributed by atoms with Gasteiger partial charge in [-0.25, -0.2) is 0 Å². The highest BCUT2D eigenvalue weighted by Gasteiger charge is 2.04. The third kappa shape index (κ3) is 3.18. The summed E-state index contributed by atoms with van der Waals surface area (Å²) in [6, 6.07) is 9.92. The molecule has 0 saturated heterocycles. The lowest BCUT2D eigenvalue weighted by Gasteiger charge is -2.10. The van der Waals surface area contributed by atoms with Crippen molar-refractivity contribution in [1.82, 2.24) is 0 Å². The van der Waals surface area contributed by atoms with E-state index in [-0.39, 0.29) is 0 Å². The molecule has 0 atom stereocenters. The highest BCUT2D eigenvalue weighted by atomic mass is 35.5. The van der Waals surface area contributed by atoms with Crippen molar-refractivity contribution in [2.24, 2.45) is 0 Å². The van der Waals surface area contributed by atoms with Gasteiger partial charge in [0, 0.05) is 21.3 Å². The molecule has 0 aliphatic rings. The molecular weight excluding hydrogens is 266 g/mol. The second kappa shape index (κ2) is 6.12. The zero-order chi connectivity index (χ0) is 13.0. The van der Waals surface area contributed by atoms with Gasteiger partial charge in [0.05, 0.1) is 12.8 Å². The molecule has 0 unspecified atom stereocenters. The van der Waals surface area contributed by atoms with Crippen LogP contribution >= 0.6 is 22.9 Å². The van der Waals surface area contributed by atoms with Crippen LogP contribution < -0.4 is 10.1 Å². The number of methoxy groups -OCH3 is 1. The second-order valence-electron chi connectivity index (χ2n) is 3.92. The second-order valence-corrected chi connectivity index (χ2v) is 5.61.